The maximum atomic E-state index is 11.6. The van der Waals surface area contributed by atoms with E-state index in [0.717, 1.165) is 0 Å². The van der Waals surface area contributed by atoms with E-state index in [4.69, 9.17) is 78.7 Å². The molecule has 2 unspecified atom stereocenters. The average Bonchev–Trinajstić information content (AvgIpc) is 2.24. The minimum Gasteiger partial charge on any atom is -0.271 e. The molecule has 110 valence electrons. The molecule has 0 radical (unpaired) electrons. The summed E-state index contributed by atoms with van der Waals surface area (Å²) in [4.78, 5) is 0. The van der Waals surface area contributed by atoms with Crippen LogP contribution in [0.4, 0.5) is 0 Å². The molecule has 2 atom stereocenters. The fourth-order valence-electron chi connectivity index (χ4n) is 0.846. The van der Waals surface area contributed by atoms with E-state index in [0.29, 0.717) is 12.8 Å². The van der Waals surface area contributed by atoms with Gasteiger partial charge in [-0.3, -0.25) is 13.6 Å². The van der Waals surface area contributed by atoms with Crippen molar-refractivity contribution in [3.63, 3.8) is 0 Å². The van der Waals surface area contributed by atoms with E-state index < -0.39 is 28.0 Å². The third-order valence-electron chi connectivity index (χ3n) is 1.88. The van der Waals surface area contributed by atoms with Gasteiger partial charge in [-0.15, -0.1) is 23.2 Å². The molecule has 3 nitrogen and oxygen atoms in total. The van der Waals surface area contributed by atoms with E-state index in [1.807, 2.05) is 0 Å². The van der Waals surface area contributed by atoms with E-state index in [2.05, 4.69) is 0 Å². The molecule has 0 spiro atoms. The summed E-state index contributed by atoms with van der Waals surface area (Å²) in [6, 6.07) is 0. The number of hydrogen-bond donors (Lipinski definition) is 0. The van der Waals surface area contributed by atoms with Crippen molar-refractivity contribution in [2.45, 2.75) is 46.5 Å². The van der Waals surface area contributed by atoms with Crippen molar-refractivity contribution in [2.24, 2.45) is 0 Å². The van der Waals surface area contributed by atoms with Crippen LogP contribution < -0.4 is 0 Å². The van der Waals surface area contributed by atoms with Gasteiger partial charge < -0.3 is 0 Å². The first-order valence-corrected chi connectivity index (χ1v) is 8.63. The van der Waals surface area contributed by atoms with Crippen LogP contribution in [0.5, 0.6) is 0 Å². The molecule has 0 aliphatic heterocycles. The first-order valence-electron chi connectivity index (χ1n) is 5.02. The Labute approximate surface area is 137 Å². The third kappa shape index (κ3) is 6.56. The van der Waals surface area contributed by atoms with E-state index >= 15 is 0 Å². The Balaban J connectivity index is 4.52. The molecule has 0 saturated carbocycles. The highest BCUT2D eigenvalue weighted by molar-refractivity contribution is 7.33. The number of alkyl halides is 6. The zero-order chi connectivity index (χ0) is 14.6. The molecule has 0 aliphatic carbocycles. The predicted octanol–water partition coefficient (Wildman–Crippen LogP) is 5.71. The van der Waals surface area contributed by atoms with E-state index in [-0.39, 0.29) is 0 Å². The Kier molecular flexibility index (Phi) is 9.24. The molecule has 0 aromatic carbocycles. The molecule has 0 aliphatic rings. The maximum absolute atomic E-state index is 11.6. The van der Waals surface area contributed by atoms with Gasteiger partial charge in [-0.2, -0.15) is 0 Å². The number of hydrogen-bond acceptors (Lipinski definition) is 3. The van der Waals surface area contributed by atoms with Crippen LogP contribution in [0.15, 0.2) is 0 Å². The topological polar surface area (TPSA) is 35.5 Å². The van der Waals surface area contributed by atoms with Gasteiger partial charge >= 0.3 is 8.25 Å². The van der Waals surface area contributed by atoms with E-state index in [9.17, 15) is 4.57 Å². The highest BCUT2D eigenvalue weighted by atomic mass is 35.5. The SMILES string of the molecule is CCC(Cl)C(Cl)(Cl)O[PH](=O)OC(Cl)(Cl)C(Cl)CC. The number of rotatable bonds is 8. The normalized spacial score (nSPS) is 18.4. The minimum atomic E-state index is -3.16. The summed E-state index contributed by atoms with van der Waals surface area (Å²) in [5, 5.41) is -1.53. The van der Waals surface area contributed by atoms with Crippen molar-refractivity contribution in [2.75, 3.05) is 0 Å². The minimum absolute atomic E-state index is 0.406. The van der Waals surface area contributed by atoms with Gasteiger partial charge in [0.15, 0.2) is 0 Å². The molecule has 0 amide bonds. The molecule has 0 N–H and O–H groups in total. The first kappa shape index (κ1) is 19.9. The van der Waals surface area contributed by atoms with Crippen molar-refractivity contribution >= 4 is 77.9 Å². The molecule has 0 rings (SSSR count). The standard InChI is InChI=1S/C8H13Cl6O3P/c1-3-5(9)7(11,12)16-18(15)17-8(13,14)6(10)4-2/h5-6,18H,3-4H2,1-2H3. The zero-order valence-electron chi connectivity index (χ0n) is 9.56. The lowest BCUT2D eigenvalue weighted by molar-refractivity contribution is 0.154. The highest BCUT2D eigenvalue weighted by Gasteiger charge is 2.40. The molecule has 0 fully saturated rings. The van der Waals surface area contributed by atoms with Gasteiger partial charge in [0.1, 0.15) is 0 Å². The fourth-order valence-corrected chi connectivity index (χ4v) is 3.23. The van der Waals surface area contributed by atoms with Crippen molar-refractivity contribution in [1.29, 1.82) is 0 Å². The van der Waals surface area contributed by atoms with Gasteiger partial charge in [0.05, 0.1) is 10.8 Å². The molecule has 18 heavy (non-hydrogen) atoms. The highest BCUT2D eigenvalue weighted by Crippen LogP contribution is 2.47. The Bertz CT molecular complexity index is 262. The van der Waals surface area contributed by atoms with Crippen molar-refractivity contribution < 1.29 is 13.6 Å². The smallest absolute Gasteiger partial charge is 0.271 e. The molecular weight excluding hydrogens is 388 g/mol. The van der Waals surface area contributed by atoms with Crippen LogP contribution in [0.3, 0.4) is 0 Å². The summed E-state index contributed by atoms with van der Waals surface area (Å²) in [6.45, 7) is 3.47. The summed E-state index contributed by atoms with van der Waals surface area (Å²) >= 11 is 34.7. The van der Waals surface area contributed by atoms with Crippen LogP contribution in [0.1, 0.15) is 26.7 Å². The van der Waals surface area contributed by atoms with Crippen LogP contribution in [-0.2, 0) is 13.6 Å². The summed E-state index contributed by atoms with van der Waals surface area (Å²) in [5.74, 6) is 0. The predicted molar refractivity (Wildman–Crippen MR) is 79.9 cm³/mol. The van der Waals surface area contributed by atoms with Gasteiger partial charge in [0, 0.05) is 0 Å². The second-order valence-electron chi connectivity index (χ2n) is 3.33. The van der Waals surface area contributed by atoms with E-state index in [1.54, 1.807) is 13.8 Å². The Morgan fingerprint density at radius 1 is 0.944 bits per heavy atom. The maximum Gasteiger partial charge on any atom is 0.324 e. The van der Waals surface area contributed by atoms with Crippen LogP contribution in [-0.4, -0.2) is 19.8 Å². The molecular formula is C8H13Cl6O3P. The lowest BCUT2D eigenvalue weighted by atomic mass is 10.3. The average molecular weight is 401 g/mol. The van der Waals surface area contributed by atoms with Gasteiger partial charge in [-0.1, -0.05) is 60.3 Å². The second-order valence-corrected chi connectivity index (χ2v) is 7.92. The van der Waals surface area contributed by atoms with Gasteiger partial charge in [-0.25, -0.2) is 0 Å². The molecule has 0 aromatic rings. The van der Waals surface area contributed by atoms with Crippen molar-refractivity contribution in [3.8, 4) is 0 Å². The largest absolute Gasteiger partial charge is 0.324 e. The fraction of sp³-hybridized carbons (Fsp3) is 1.00. The summed E-state index contributed by atoms with van der Waals surface area (Å²) in [5.41, 5.74) is 0. The van der Waals surface area contributed by atoms with Crippen molar-refractivity contribution in [3.05, 3.63) is 0 Å². The molecule has 0 bridgehead atoms. The molecule has 0 heterocycles. The Morgan fingerprint density at radius 2 is 1.22 bits per heavy atom. The summed E-state index contributed by atoms with van der Waals surface area (Å²) in [6.07, 6.45) is 0.813. The Morgan fingerprint density at radius 3 is 1.44 bits per heavy atom. The summed E-state index contributed by atoms with van der Waals surface area (Å²) < 4.78 is 17.5. The molecule has 0 aromatic heterocycles. The van der Waals surface area contributed by atoms with Crippen LogP contribution in [0, 0.1) is 0 Å². The molecule has 10 heteroatoms. The molecule has 0 saturated heterocycles. The van der Waals surface area contributed by atoms with Gasteiger partial charge in [0.25, 0.3) is 0 Å². The quantitative estimate of drug-likeness (QED) is 0.387. The van der Waals surface area contributed by atoms with Crippen LogP contribution >= 0.6 is 77.9 Å². The zero-order valence-corrected chi connectivity index (χ0v) is 15.1. The summed E-state index contributed by atoms with van der Waals surface area (Å²) in [7, 11) is -3.16. The first-order chi connectivity index (χ1) is 8.06. The lowest BCUT2D eigenvalue weighted by Crippen LogP contribution is -2.30. The number of halogens is 6. The van der Waals surface area contributed by atoms with Crippen molar-refractivity contribution in [1.82, 2.24) is 0 Å². The third-order valence-corrected chi connectivity index (χ3v) is 6.42. The lowest BCUT2D eigenvalue weighted by Gasteiger charge is -2.27. The monoisotopic (exact) mass is 398 g/mol. The van der Waals surface area contributed by atoms with Crippen LogP contribution in [0.25, 0.3) is 0 Å². The van der Waals surface area contributed by atoms with E-state index in [1.165, 1.54) is 0 Å². The second kappa shape index (κ2) is 8.36. The van der Waals surface area contributed by atoms with Gasteiger partial charge in [0.2, 0.25) is 9.04 Å². The Hall–Kier alpha value is 1.89. The van der Waals surface area contributed by atoms with Crippen LogP contribution in [0.2, 0.25) is 0 Å². The van der Waals surface area contributed by atoms with Gasteiger partial charge in [-0.05, 0) is 12.8 Å².